The van der Waals surface area contributed by atoms with E-state index in [-0.39, 0.29) is 0 Å². The van der Waals surface area contributed by atoms with Crippen LogP contribution in [0.2, 0.25) is 0 Å². The van der Waals surface area contributed by atoms with Crippen molar-refractivity contribution in [1.82, 2.24) is 10.2 Å². The molecule has 0 atom stereocenters. The van der Waals surface area contributed by atoms with E-state index in [1.165, 1.54) is 31.5 Å². The lowest BCUT2D eigenvalue weighted by molar-refractivity contribution is 0.193. The highest BCUT2D eigenvalue weighted by molar-refractivity contribution is 9.10. The molecule has 1 fully saturated rings. The first-order chi connectivity index (χ1) is 9.15. The number of benzene rings is 1. The predicted octanol–water partition coefficient (Wildman–Crippen LogP) is 2.98. The zero-order valence-corrected chi connectivity index (χ0v) is 13.1. The van der Waals surface area contributed by atoms with Crippen LogP contribution in [0.25, 0.3) is 0 Å². The standard InChI is InChI=1S/C15H23BrN2O/c1-12-4-7-18(8-5-12)9-6-17-11-13-2-3-15(19)14(16)10-13/h2-3,10,12,17,19H,4-9,11H2,1H3. The molecular weight excluding hydrogens is 304 g/mol. The number of hydrogen-bond acceptors (Lipinski definition) is 3. The van der Waals surface area contributed by atoms with Crippen LogP contribution < -0.4 is 5.32 Å². The third-order valence-corrected chi connectivity index (χ3v) is 4.46. The molecule has 3 nitrogen and oxygen atoms in total. The molecule has 2 rings (SSSR count). The van der Waals surface area contributed by atoms with Gasteiger partial charge in [0, 0.05) is 19.6 Å². The molecule has 0 spiro atoms. The second kappa shape index (κ2) is 7.27. The van der Waals surface area contributed by atoms with Crippen LogP contribution in [0.15, 0.2) is 22.7 Å². The summed E-state index contributed by atoms with van der Waals surface area (Å²) in [5, 5.41) is 12.9. The highest BCUT2D eigenvalue weighted by Crippen LogP contribution is 2.24. The molecule has 1 aliphatic heterocycles. The number of phenols is 1. The molecule has 1 aromatic carbocycles. The monoisotopic (exact) mass is 326 g/mol. The van der Waals surface area contributed by atoms with E-state index in [0.29, 0.717) is 5.75 Å². The third kappa shape index (κ3) is 4.79. The first-order valence-corrected chi connectivity index (χ1v) is 7.85. The van der Waals surface area contributed by atoms with Gasteiger partial charge >= 0.3 is 0 Å². The van der Waals surface area contributed by atoms with Gasteiger partial charge in [-0.15, -0.1) is 0 Å². The minimum atomic E-state index is 0.297. The summed E-state index contributed by atoms with van der Waals surface area (Å²) in [6, 6.07) is 5.65. The Bertz CT molecular complexity index is 403. The van der Waals surface area contributed by atoms with Gasteiger partial charge in [0.25, 0.3) is 0 Å². The van der Waals surface area contributed by atoms with E-state index >= 15 is 0 Å². The molecule has 1 aromatic rings. The van der Waals surface area contributed by atoms with Gasteiger partial charge in [0.2, 0.25) is 0 Å². The normalized spacial score (nSPS) is 17.8. The molecule has 1 heterocycles. The summed E-state index contributed by atoms with van der Waals surface area (Å²) in [5.41, 5.74) is 1.19. The maximum atomic E-state index is 9.43. The minimum Gasteiger partial charge on any atom is -0.507 e. The number of phenolic OH excluding ortho intramolecular Hbond substituents is 1. The Hall–Kier alpha value is -0.580. The van der Waals surface area contributed by atoms with Crippen molar-refractivity contribution >= 4 is 15.9 Å². The van der Waals surface area contributed by atoms with Crippen LogP contribution >= 0.6 is 15.9 Å². The fourth-order valence-electron chi connectivity index (χ4n) is 2.42. The Morgan fingerprint density at radius 2 is 2.11 bits per heavy atom. The van der Waals surface area contributed by atoms with Gasteiger partial charge in [-0.25, -0.2) is 0 Å². The maximum Gasteiger partial charge on any atom is 0.129 e. The second-order valence-electron chi connectivity index (χ2n) is 5.49. The van der Waals surface area contributed by atoms with E-state index in [1.54, 1.807) is 6.07 Å². The van der Waals surface area contributed by atoms with Crippen LogP contribution in [0.3, 0.4) is 0 Å². The Morgan fingerprint density at radius 3 is 2.79 bits per heavy atom. The lowest BCUT2D eigenvalue weighted by Gasteiger charge is -2.30. The molecule has 0 saturated carbocycles. The van der Waals surface area contributed by atoms with E-state index in [0.717, 1.165) is 30.0 Å². The molecule has 0 radical (unpaired) electrons. The van der Waals surface area contributed by atoms with Gasteiger partial charge in [-0.3, -0.25) is 0 Å². The minimum absolute atomic E-state index is 0.297. The summed E-state index contributed by atoms with van der Waals surface area (Å²) in [5.74, 6) is 1.20. The average molecular weight is 327 g/mol. The molecule has 0 amide bonds. The van der Waals surface area contributed by atoms with E-state index in [1.807, 2.05) is 12.1 Å². The molecule has 0 bridgehead atoms. The van der Waals surface area contributed by atoms with Crippen molar-refractivity contribution in [1.29, 1.82) is 0 Å². The molecule has 0 unspecified atom stereocenters. The van der Waals surface area contributed by atoms with Gasteiger partial charge in [0.05, 0.1) is 4.47 Å². The van der Waals surface area contributed by atoms with Crippen LogP contribution in [-0.2, 0) is 6.54 Å². The number of aromatic hydroxyl groups is 1. The van der Waals surface area contributed by atoms with Crippen LogP contribution in [0.5, 0.6) is 5.75 Å². The molecular formula is C15H23BrN2O. The average Bonchev–Trinajstić information content (AvgIpc) is 2.41. The van der Waals surface area contributed by atoms with Crippen molar-refractivity contribution in [3.63, 3.8) is 0 Å². The van der Waals surface area contributed by atoms with Crippen molar-refractivity contribution in [2.75, 3.05) is 26.2 Å². The zero-order valence-electron chi connectivity index (χ0n) is 11.5. The molecule has 4 heteroatoms. The quantitative estimate of drug-likeness (QED) is 0.816. The molecule has 2 N–H and O–H groups in total. The van der Waals surface area contributed by atoms with Crippen molar-refractivity contribution in [3.8, 4) is 5.75 Å². The highest BCUT2D eigenvalue weighted by atomic mass is 79.9. The van der Waals surface area contributed by atoms with Crippen molar-refractivity contribution in [3.05, 3.63) is 28.2 Å². The zero-order chi connectivity index (χ0) is 13.7. The van der Waals surface area contributed by atoms with Gasteiger partial charge in [-0.2, -0.15) is 0 Å². The smallest absolute Gasteiger partial charge is 0.129 e. The van der Waals surface area contributed by atoms with E-state index in [2.05, 4.69) is 33.1 Å². The summed E-state index contributed by atoms with van der Waals surface area (Å²) >= 11 is 3.34. The SMILES string of the molecule is CC1CCN(CCNCc2ccc(O)c(Br)c2)CC1. The van der Waals surface area contributed by atoms with E-state index in [4.69, 9.17) is 0 Å². The van der Waals surface area contributed by atoms with Crippen LogP contribution in [-0.4, -0.2) is 36.2 Å². The van der Waals surface area contributed by atoms with Gasteiger partial charge in [-0.1, -0.05) is 13.0 Å². The molecule has 0 aliphatic carbocycles. The number of hydrogen-bond donors (Lipinski definition) is 2. The summed E-state index contributed by atoms with van der Waals surface area (Å²) in [6.07, 6.45) is 2.68. The molecule has 0 aromatic heterocycles. The number of nitrogens with one attached hydrogen (secondary N) is 1. The molecule has 19 heavy (non-hydrogen) atoms. The summed E-state index contributed by atoms with van der Waals surface area (Å²) in [7, 11) is 0. The number of halogens is 1. The maximum absolute atomic E-state index is 9.43. The first kappa shape index (κ1) is 14.8. The van der Waals surface area contributed by atoms with E-state index in [9.17, 15) is 5.11 Å². The Morgan fingerprint density at radius 1 is 1.37 bits per heavy atom. The van der Waals surface area contributed by atoms with Crippen molar-refractivity contribution in [2.45, 2.75) is 26.3 Å². The van der Waals surface area contributed by atoms with E-state index < -0.39 is 0 Å². The number of nitrogens with zero attached hydrogens (tertiary/aromatic N) is 1. The lowest BCUT2D eigenvalue weighted by atomic mass is 9.99. The van der Waals surface area contributed by atoms with Gasteiger partial charge in [0.15, 0.2) is 0 Å². The van der Waals surface area contributed by atoms with Crippen molar-refractivity contribution < 1.29 is 5.11 Å². The molecule has 1 saturated heterocycles. The Labute approximate surface area is 124 Å². The number of piperidine rings is 1. The molecule has 106 valence electrons. The van der Waals surface area contributed by atoms with Crippen LogP contribution in [0, 0.1) is 5.92 Å². The largest absolute Gasteiger partial charge is 0.507 e. The highest BCUT2D eigenvalue weighted by Gasteiger charge is 2.14. The topological polar surface area (TPSA) is 35.5 Å². The Balaban J connectivity index is 1.65. The first-order valence-electron chi connectivity index (χ1n) is 7.05. The fraction of sp³-hybridized carbons (Fsp3) is 0.600. The predicted molar refractivity (Wildman–Crippen MR) is 82.4 cm³/mol. The molecule has 1 aliphatic rings. The van der Waals surface area contributed by atoms with Crippen LogP contribution in [0.4, 0.5) is 0 Å². The Kier molecular flexibility index (Phi) is 5.67. The van der Waals surface area contributed by atoms with Crippen molar-refractivity contribution in [2.24, 2.45) is 5.92 Å². The lowest BCUT2D eigenvalue weighted by Crippen LogP contribution is -2.37. The van der Waals surface area contributed by atoms with Gasteiger partial charge in [-0.05, 0) is 65.5 Å². The third-order valence-electron chi connectivity index (χ3n) is 3.82. The van der Waals surface area contributed by atoms with Gasteiger partial charge < -0.3 is 15.3 Å². The number of likely N-dealkylation sites (tertiary alicyclic amines) is 1. The summed E-state index contributed by atoms with van der Waals surface area (Å²) in [4.78, 5) is 2.54. The summed E-state index contributed by atoms with van der Waals surface area (Å²) in [6.45, 7) is 7.83. The fourth-order valence-corrected chi connectivity index (χ4v) is 2.84. The number of rotatable bonds is 5. The van der Waals surface area contributed by atoms with Crippen LogP contribution in [0.1, 0.15) is 25.3 Å². The van der Waals surface area contributed by atoms with Gasteiger partial charge in [0.1, 0.15) is 5.75 Å². The second-order valence-corrected chi connectivity index (χ2v) is 6.34. The summed E-state index contributed by atoms with van der Waals surface area (Å²) < 4.78 is 0.761.